The zero-order valence-corrected chi connectivity index (χ0v) is 17.5. The zero-order valence-electron chi connectivity index (χ0n) is 17.5. The number of anilines is 1. The van der Waals surface area contributed by atoms with Crippen LogP contribution in [0.15, 0.2) is 60.7 Å². The minimum absolute atomic E-state index is 0.0331. The SMILES string of the molecule is Cc1nc(-c2ccc3ccccc3c2)n(CC(=O)c2ccc3c(c2)CCC(=O)N3C)n1. The number of Topliss-reactive ketones (excluding diaryl/α,β-unsaturated/α-hetero) is 1. The summed E-state index contributed by atoms with van der Waals surface area (Å²) in [4.78, 5) is 31.2. The summed E-state index contributed by atoms with van der Waals surface area (Å²) in [6.45, 7) is 1.94. The predicted molar refractivity (Wildman–Crippen MR) is 120 cm³/mol. The van der Waals surface area contributed by atoms with Gasteiger partial charge in [-0.2, -0.15) is 5.10 Å². The van der Waals surface area contributed by atoms with Gasteiger partial charge in [0.25, 0.3) is 0 Å². The molecule has 1 amide bonds. The van der Waals surface area contributed by atoms with Gasteiger partial charge in [0, 0.05) is 30.3 Å². The lowest BCUT2D eigenvalue weighted by molar-refractivity contribution is -0.118. The van der Waals surface area contributed by atoms with Gasteiger partial charge < -0.3 is 4.90 Å². The third kappa shape index (κ3) is 3.50. The normalized spacial score (nSPS) is 13.5. The maximum Gasteiger partial charge on any atom is 0.227 e. The number of nitrogens with zero attached hydrogens (tertiary/aromatic N) is 4. The molecule has 0 N–H and O–H groups in total. The molecule has 4 aromatic rings. The van der Waals surface area contributed by atoms with Crippen molar-refractivity contribution in [2.45, 2.75) is 26.3 Å². The topological polar surface area (TPSA) is 68.1 Å². The van der Waals surface area contributed by atoms with Crippen LogP contribution in [0, 0.1) is 6.92 Å². The molecule has 0 spiro atoms. The van der Waals surface area contributed by atoms with Crippen LogP contribution in [-0.4, -0.2) is 33.5 Å². The van der Waals surface area contributed by atoms with Crippen LogP contribution in [0.3, 0.4) is 0 Å². The quantitative estimate of drug-likeness (QED) is 0.473. The number of ketones is 1. The standard InChI is InChI=1S/C25H22N4O2/c1-16-26-25(21-8-7-17-5-3-4-6-18(17)13-21)29(27-16)15-23(30)20-9-11-22-19(14-20)10-12-24(31)28(22)2/h3-9,11,13-14H,10,12,15H2,1-2H3. The van der Waals surface area contributed by atoms with Crippen LogP contribution in [0.1, 0.15) is 28.2 Å². The van der Waals surface area contributed by atoms with E-state index in [1.807, 2.05) is 37.3 Å². The molecule has 1 aromatic heterocycles. The van der Waals surface area contributed by atoms with Gasteiger partial charge in [0.2, 0.25) is 5.91 Å². The number of carbonyl (C=O) groups excluding carboxylic acids is 2. The molecule has 31 heavy (non-hydrogen) atoms. The molecular weight excluding hydrogens is 388 g/mol. The van der Waals surface area contributed by atoms with E-state index in [9.17, 15) is 9.59 Å². The first-order valence-corrected chi connectivity index (χ1v) is 10.3. The molecule has 0 unspecified atom stereocenters. The van der Waals surface area contributed by atoms with E-state index in [2.05, 4.69) is 34.3 Å². The molecule has 0 saturated heterocycles. The zero-order chi connectivity index (χ0) is 21.5. The molecule has 0 aliphatic carbocycles. The lowest BCUT2D eigenvalue weighted by Crippen LogP contribution is -2.31. The van der Waals surface area contributed by atoms with Crippen molar-refractivity contribution in [1.29, 1.82) is 0 Å². The lowest BCUT2D eigenvalue weighted by atomic mass is 9.97. The number of fused-ring (bicyclic) bond motifs is 2. The molecule has 0 radical (unpaired) electrons. The average Bonchev–Trinajstić information content (AvgIpc) is 3.15. The molecule has 154 valence electrons. The van der Waals surface area contributed by atoms with Crippen molar-refractivity contribution in [2.75, 3.05) is 11.9 Å². The molecular formula is C25H22N4O2. The van der Waals surface area contributed by atoms with Gasteiger partial charge >= 0.3 is 0 Å². The van der Waals surface area contributed by atoms with Crippen LogP contribution >= 0.6 is 0 Å². The smallest absolute Gasteiger partial charge is 0.227 e. The van der Waals surface area contributed by atoms with Crippen LogP contribution in [0.4, 0.5) is 5.69 Å². The van der Waals surface area contributed by atoms with E-state index in [1.54, 1.807) is 22.7 Å². The van der Waals surface area contributed by atoms with Gasteiger partial charge in [-0.25, -0.2) is 9.67 Å². The molecule has 0 saturated carbocycles. The summed E-state index contributed by atoms with van der Waals surface area (Å²) in [7, 11) is 1.77. The van der Waals surface area contributed by atoms with E-state index in [0.29, 0.717) is 30.1 Å². The van der Waals surface area contributed by atoms with E-state index < -0.39 is 0 Å². The molecule has 6 heteroatoms. The van der Waals surface area contributed by atoms with Crippen LogP contribution in [0.5, 0.6) is 0 Å². The number of hydrogen-bond acceptors (Lipinski definition) is 4. The molecule has 6 nitrogen and oxygen atoms in total. The fourth-order valence-electron chi connectivity index (χ4n) is 4.16. The van der Waals surface area contributed by atoms with E-state index in [1.165, 1.54) is 0 Å². The molecule has 0 atom stereocenters. The van der Waals surface area contributed by atoms with E-state index in [0.717, 1.165) is 27.6 Å². The second-order valence-corrected chi connectivity index (χ2v) is 7.92. The fraction of sp³-hybridized carbons (Fsp3) is 0.200. The first-order valence-electron chi connectivity index (χ1n) is 10.3. The Balaban J connectivity index is 1.45. The van der Waals surface area contributed by atoms with E-state index in [4.69, 9.17) is 0 Å². The van der Waals surface area contributed by atoms with Crippen molar-refractivity contribution in [1.82, 2.24) is 14.8 Å². The number of aromatic nitrogens is 3. The Bertz CT molecular complexity index is 1340. The number of carbonyl (C=O) groups is 2. The van der Waals surface area contributed by atoms with Crippen molar-refractivity contribution in [3.05, 3.63) is 77.6 Å². The Morgan fingerprint density at radius 3 is 2.65 bits per heavy atom. The minimum atomic E-state index is -0.0331. The summed E-state index contributed by atoms with van der Waals surface area (Å²) >= 11 is 0. The first-order chi connectivity index (χ1) is 15.0. The molecule has 0 bridgehead atoms. The molecule has 1 aliphatic heterocycles. The highest BCUT2D eigenvalue weighted by Crippen LogP contribution is 2.28. The Hall–Kier alpha value is -3.80. The van der Waals surface area contributed by atoms with Gasteiger partial charge in [0.15, 0.2) is 11.6 Å². The fourth-order valence-corrected chi connectivity index (χ4v) is 4.16. The first kappa shape index (κ1) is 19.2. The predicted octanol–water partition coefficient (Wildman–Crippen LogP) is 4.20. The van der Waals surface area contributed by atoms with Crippen LogP contribution in [-0.2, 0) is 17.8 Å². The van der Waals surface area contributed by atoms with Gasteiger partial charge in [-0.1, -0.05) is 36.4 Å². The monoisotopic (exact) mass is 410 g/mol. The highest BCUT2D eigenvalue weighted by atomic mass is 16.2. The van der Waals surface area contributed by atoms with Gasteiger partial charge in [0.1, 0.15) is 12.4 Å². The van der Waals surface area contributed by atoms with Crippen LogP contribution < -0.4 is 4.90 Å². The second-order valence-electron chi connectivity index (χ2n) is 7.92. The number of benzene rings is 3. The van der Waals surface area contributed by atoms with Crippen molar-refractivity contribution in [2.24, 2.45) is 0 Å². The number of aryl methyl sites for hydroxylation is 2. The van der Waals surface area contributed by atoms with Crippen molar-refractivity contribution in [3.8, 4) is 11.4 Å². The summed E-state index contributed by atoms with van der Waals surface area (Å²) in [5, 5.41) is 6.75. The average molecular weight is 410 g/mol. The maximum atomic E-state index is 13.1. The third-order valence-corrected chi connectivity index (χ3v) is 5.82. The number of amides is 1. The second kappa shape index (κ2) is 7.47. The largest absolute Gasteiger partial charge is 0.315 e. The molecule has 5 rings (SSSR count). The van der Waals surface area contributed by atoms with Gasteiger partial charge in [-0.15, -0.1) is 0 Å². The lowest BCUT2D eigenvalue weighted by Gasteiger charge is -2.26. The summed E-state index contributed by atoms with van der Waals surface area (Å²) < 4.78 is 1.68. The minimum Gasteiger partial charge on any atom is -0.315 e. The molecule has 2 heterocycles. The Labute approximate surface area is 180 Å². The van der Waals surface area contributed by atoms with Gasteiger partial charge in [0.05, 0.1) is 0 Å². The summed E-state index contributed by atoms with van der Waals surface area (Å²) in [6.07, 6.45) is 1.12. The van der Waals surface area contributed by atoms with Gasteiger partial charge in [-0.05, 0) is 53.9 Å². The Morgan fingerprint density at radius 2 is 1.81 bits per heavy atom. The van der Waals surface area contributed by atoms with Crippen LogP contribution in [0.25, 0.3) is 22.2 Å². The summed E-state index contributed by atoms with van der Waals surface area (Å²) in [5.74, 6) is 1.38. The molecule has 0 fully saturated rings. The van der Waals surface area contributed by atoms with E-state index >= 15 is 0 Å². The van der Waals surface area contributed by atoms with Crippen molar-refractivity contribution in [3.63, 3.8) is 0 Å². The van der Waals surface area contributed by atoms with E-state index in [-0.39, 0.29) is 18.2 Å². The molecule has 1 aliphatic rings. The van der Waals surface area contributed by atoms with Crippen molar-refractivity contribution < 1.29 is 9.59 Å². The highest BCUT2D eigenvalue weighted by Gasteiger charge is 2.22. The Kier molecular flexibility index (Phi) is 4.62. The van der Waals surface area contributed by atoms with Crippen LogP contribution in [0.2, 0.25) is 0 Å². The molecule has 3 aromatic carbocycles. The highest BCUT2D eigenvalue weighted by molar-refractivity contribution is 5.99. The number of rotatable bonds is 4. The Morgan fingerprint density at radius 1 is 1.00 bits per heavy atom. The maximum absolute atomic E-state index is 13.1. The van der Waals surface area contributed by atoms with Crippen molar-refractivity contribution >= 4 is 28.2 Å². The van der Waals surface area contributed by atoms with Gasteiger partial charge in [-0.3, -0.25) is 9.59 Å². The summed E-state index contributed by atoms with van der Waals surface area (Å²) in [6, 6.07) is 19.8. The third-order valence-electron chi connectivity index (χ3n) is 5.82. The summed E-state index contributed by atoms with van der Waals surface area (Å²) in [5.41, 5.74) is 3.45. The number of hydrogen-bond donors (Lipinski definition) is 0.